The molecule has 1 rings (SSSR count). The van der Waals surface area contributed by atoms with Crippen molar-refractivity contribution in [2.75, 3.05) is 26.7 Å². The number of nitrogens with zero attached hydrogens (tertiary/aromatic N) is 2. The van der Waals surface area contributed by atoms with E-state index in [2.05, 4.69) is 36.7 Å². The summed E-state index contributed by atoms with van der Waals surface area (Å²) in [6.45, 7) is 8.73. The van der Waals surface area contributed by atoms with Gasteiger partial charge in [0, 0.05) is 25.6 Å². The first kappa shape index (κ1) is 19.0. The van der Waals surface area contributed by atoms with Gasteiger partial charge >= 0.3 is 0 Å². The van der Waals surface area contributed by atoms with Crippen LogP contribution in [-0.2, 0) is 0 Å². The number of rotatable bonds is 6. The standard InChI is InChI=1S/C15H25N3O.HI/c1-5-18(6-2)15(16)17-11-12(3)13-9-7-8-10-14(13)19-4;/h7-10,12H,5-6,11H2,1-4H3,(H2,16,17);1H. The summed E-state index contributed by atoms with van der Waals surface area (Å²) in [5, 5.41) is 0. The number of ether oxygens (including phenoxy) is 1. The Morgan fingerprint density at radius 2 is 1.90 bits per heavy atom. The number of benzene rings is 1. The van der Waals surface area contributed by atoms with Gasteiger partial charge in [0.05, 0.1) is 7.11 Å². The second kappa shape index (κ2) is 9.85. The zero-order valence-electron chi connectivity index (χ0n) is 12.8. The fraction of sp³-hybridized carbons (Fsp3) is 0.533. The largest absolute Gasteiger partial charge is 0.496 e. The maximum atomic E-state index is 5.98. The summed E-state index contributed by atoms with van der Waals surface area (Å²) in [5.41, 5.74) is 7.15. The van der Waals surface area contributed by atoms with Crippen molar-refractivity contribution >= 4 is 29.9 Å². The highest BCUT2D eigenvalue weighted by molar-refractivity contribution is 14.0. The van der Waals surface area contributed by atoms with Crippen LogP contribution >= 0.6 is 24.0 Å². The normalized spacial score (nSPS) is 12.5. The second-order valence-corrected chi connectivity index (χ2v) is 4.51. The van der Waals surface area contributed by atoms with E-state index in [1.807, 2.05) is 18.2 Å². The number of para-hydroxylation sites is 1. The van der Waals surface area contributed by atoms with Gasteiger partial charge in [-0.25, -0.2) is 0 Å². The van der Waals surface area contributed by atoms with Gasteiger partial charge in [-0.05, 0) is 25.5 Å². The van der Waals surface area contributed by atoms with Crippen LogP contribution in [0.3, 0.4) is 0 Å². The van der Waals surface area contributed by atoms with Gasteiger partial charge in [-0.3, -0.25) is 4.99 Å². The molecule has 20 heavy (non-hydrogen) atoms. The molecule has 0 heterocycles. The molecule has 0 aliphatic rings. The zero-order chi connectivity index (χ0) is 14.3. The maximum absolute atomic E-state index is 5.98. The fourth-order valence-electron chi connectivity index (χ4n) is 2.05. The van der Waals surface area contributed by atoms with Crippen LogP contribution in [0.15, 0.2) is 29.3 Å². The second-order valence-electron chi connectivity index (χ2n) is 4.51. The third-order valence-electron chi connectivity index (χ3n) is 3.28. The molecule has 0 aromatic heterocycles. The molecule has 0 aliphatic heterocycles. The predicted molar refractivity (Wildman–Crippen MR) is 96.2 cm³/mol. The molecule has 0 spiro atoms. The molecule has 5 heteroatoms. The average Bonchev–Trinajstić information content (AvgIpc) is 2.45. The van der Waals surface area contributed by atoms with Crippen molar-refractivity contribution < 1.29 is 4.74 Å². The molecule has 0 radical (unpaired) electrons. The summed E-state index contributed by atoms with van der Waals surface area (Å²) in [7, 11) is 1.69. The van der Waals surface area contributed by atoms with Gasteiger partial charge in [-0.2, -0.15) is 0 Å². The van der Waals surface area contributed by atoms with E-state index in [1.54, 1.807) is 7.11 Å². The molecule has 0 bridgehead atoms. The number of nitrogens with two attached hydrogens (primary N) is 1. The Hall–Kier alpha value is -0.980. The predicted octanol–water partition coefficient (Wildman–Crippen LogP) is 3.07. The summed E-state index contributed by atoms with van der Waals surface area (Å²) >= 11 is 0. The van der Waals surface area contributed by atoms with Crippen LogP contribution in [0.25, 0.3) is 0 Å². The smallest absolute Gasteiger partial charge is 0.191 e. The summed E-state index contributed by atoms with van der Waals surface area (Å²) in [6, 6.07) is 8.05. The van der Waals surface area contributed by atoms with Crippen LogP contribution in [-0.4, -0.2) is 37.6 Å². The van der Waals surface area contributed by atoms with Crippen LogP contribution in [0.5, 0.6) is 5.75 Å². The van der Waals surface area contributed by atoms with Crippen LogP contribution in [0, 0.1) is 0 Å². The van der Waals surface area contributed by atoms with Gasteiger partial charge < -0.3 is 15.4 Å². The Labute approximate surface area is 139 Å². The number of halogens is 1. The Morgan fingerprint density at radius 3 is 2.45 bits per heavy atom. The van der Waals surface area contributed by atoms with E-state index in [0.29, 0.717) is 12.5 Å². The molecular weight excluding hydrogens is 365 g/mol. The molecular formula is C15H26IN3O. The molecule has 114 valence electrons. The Morgan fingerprint density at radius 1 is 1.30 bits per heavy atom. The molecule has 0 aliphatic carbocycles. The van der Waals surface area contributed by atoms with Crippen LogP contribution < -0.4 is 10.5 Å². The molecule has 2 N–H and O–H groups in total. The first-order chi connectivity index (χ1) is 9.13. The lowest BCUT2D eigenvalue weighted by Gasteiger charge is -2.20. The quantitative estimate of drug-likeness (QED) is 0.461. The molecule has 1 aromatic rings. The molecule has 0 amide bonds. The SMILES string of the molecule is CCN(CC)C(N)=NCC(C)c1ccccc1OC.I. The molecule has 1 unspecified atom stereocenters. The third kappa shape index (κ3) is 5.19. The lowest BCUT2D eigenvalue weighted by Crippen LogP contribution is -2.37. The van der Waals surface area contributed by atoms with Crippen molar-refractivity contribution in [2.45, 2.75) is 26.7 Å². The summed E-state index contributed by atoms with van der Waals surface area (Å²) < 4.78 is 5.37. The number of guanidine groups is 1. The molecule has 1 aromatic carbocycles. The molecule has 1 atom stereocenters. The summed E-state index contributed by atoms with van der Waals surface area (Å²) in [6.07, 6.45) is 0. The summed E-state index contributed by atoms with van der Waals surface area (Å²) in [4.78, 5) is 6.53. The number of hydrogen-bond acceptors (Lipinski definition) is 2. The van der Waals surface area contributed by atoms with Gasteiger partial charge in [0.1, 0.15) is 5.75 Å². The first-order valence-corrected chi connectivity index (χ1v) is 6.81. The van der Waals surface area contributed by atoms with Gasteiger partial charge in [0.15, 0.2) is 5.96 Å². The Bertz CT molecular complexity index is 419. The monoisotopic (exact) mass is 391 g/mol. The van der Waals surface area contributed by atoms with E-state index >= 15 is 0 Å². The average molecular weight is 391 g/mol. The van der Waals surface area contributed by atoms with Crippen molar-refractivity contribution in [3.63, 3.8) is 0 Å². The van der Waals surface area contributed by atoms with Gasteiger partial charge in [-0.1, -0.05) is 25.1 Å². The van der Waals surface area contributed by atoms with Gasteiger partial charge in [-0.15, -0.1) is 24.0 Å². The molecule has 0 saturated heterocycles. The van der Waals surface area contributed by atoms with E-state index in [4.69, 9.17) is 10.5 Å². The molecule has 4 nitrogen and oxygen atoms in total. The van der Waals surface area contributed by atoms with Crippen molar-refractivity contribution in [1.82, 2.24) is 4.90 Å². The van der Waals surface area contributed by atoms with Crippen molar-refractivity contribution in [2.24, 2.45) is 10.7 Å². The van der Waals surface area contributed by atoms with Gasteiger partial charge in [0.25, 0.3) is 0 Å². The minimum atomic E-state index is 0. The molecule has 0 fully saturated rings. The summed E-state index contributed by atoms with van der Waals surface area (Å²) in [5.74, 6) is 1.81. The lowest BCUT2D eigenvalue weighted by molar-refractivity contribution is 0.406. The van der Waals surface area contributed by atoms with E-state index in [0.717, 1.165) is 18.8 Å². The Balaban J connectivity index is 0.00000361. The van der Waals surface area contributed by atoms with E-state index in [-0.39, 0.29) is 29.9 Å². The fourth-order valence-corrected chi connectivity index (χ4v) is 2.05. The van der Waals surface area contributed by atoms with E-state index in [1.165, 1.54) is 5.56 Å². The van der Waals surface area contributed by atoms with Crippen molar-refractivity contribution in [3.8, 4) is 5.75 Å². The van der Waals surface area contributed by atoms with Crippen LogP contribution in [0.2, 0.25) is 0 Å². The van der Waals surface area contributed by atoms with E-state index < -0.39 is 0 Å². The number of hydrogen-bond donors (Lipinski definition) is 1. The van der Waals surface area contributed by atoms with Crippen molar-refractivity contribution in [1.29, 1.82) is 0 Å². The van der Waals surface area contributed by atoms with Crippen LogP contribution in [0.1, 0.15) is 32.3 Å². The first-order valence-electron chi connectivity index (χ1n) is 6.81. The maximum Gasteiger partial charge on any atom is 0.191 e. The zero-order valence-corrected chi connectivity index (χ0v) is 15.1. The molecule has 0 saturated carbocycles. The highest BCUT2D eigenvalue weighted by atomic mass is 127. The lowest BCUT2D eigenvalue weighted by atomic mass is 10.0. The minimum Gasteiger partial charge on any atom is -0.496 e. The minimum absolute atomic E-state index is 0. The highest BCUT2D eigenvalue weighted by Gasteiger charge is 2.11. The van der Waals surface area contributed by atoms with E-state index in [9.17, 15) is 0 Å². The number of aliphatic imine (C=N–C) groups is 1. The topological polar surface area (TPSA) is 50.8 Å². The van der Waals surface area contributed by atoms with Crippen LogP contribution in [0.4, 0.5) is 0 Å². The van der Waals surface area contributed by atoms with Gasteiger partial charge in [0.2, 0.25) is 0 Å². The third-order valence-corrected chi connectivity index (χ3v) is 3.28. The number of methoxy groups -OCH3 is 1. The van der Waals surface area contributed by atoms with Crippen molar-refractivity contribution in [3.05, 3.63) is 29.8 Å². The highest BCUT2D eigenvalue weighted by Crippen LogP contribution is 2.26. The Kier molecular flexibility index (Phi) is 9.37.